The van der Waals surface area contributed by atoms with Crippen LogP contribution in [-0.4, -0.2) is 54.4 Å². The third-order valence-electron chi connectivity index (χ3n) is 3.39. The van der Waals surface area contributed by atoms with Gasteiger partial charge < -0.3 is 20.1 Å². The van der Waals surface area contributed by atoms with Crippen LogP contribution in [0.1, 0.15) is 40.5 Å². The van der Waals surface area contributed by atoms with Crippen LogP contribution in [0.2, 0.25) is 0 Å². The summed E-state index contributed by atoms with van der Waals surface area (Å²) >= 11 is 0. The molecule has 0 radical (unpaired) electrons. The Morgan fingerprint density at radius 1 is 1.25 bits per heavy atom. The molecule has 0 aliphatic heterocycles. The number of carboxylic acids is 1. The second-order valence-electron chi connectivity index (χ2n) is 5.17. The number of nitrogens with one attached hydrogen (secondary N) is 1. The topological polar surface area (TPSA) is 78.9 Å². The predicted octanol–water partition coefficient (Wildman–Crippen LogP) is 1.94. The quantitative estimate of drug-likeness (QED) is 0.679. The summed E-state index contributed by atoms with van der Waals surface area (Å²) in [5.74, 6) is -1.17. The van der Waals surface area contributed by atoms with Crippen LogP contribution in [0, 0.1) is 5.92 Å². The van der Waals surface area contributed by atoms with E-state index in [1.54, 1.807) is 25.9 Å². The van der Waals surface area contributed by atoms with Crippen LogP contribution < -0.4 is 5.32 Å². The van der Waals surface area contributed by atoms with Crippen molar-refractivity contribution in [3.8, 4) is 0 Å². The number of aliphatic carboxylic acids is 1. The van der Waals surface area contributed by atoms with Gasteiger partial charge in [0.05, 0.1) is 6.61 Å². The van der Waals surface area contributed by atoms with Crippen molar-refractivity contribution >= 4 is 12.0 Å². The van der Waals surface area contributed by atoms with E-state index in [1.165, 1.54) is 0 Å². The molecule has 1 atom stereocenters. The van der Waals surface area contributed by atoms with E-state index < -0.39 is 12.0 Å². The van der Waals surface area contributed by atoms with Gasteiger partial charge in [0, 0.05) is 19.7 Å². The highest BCUT2D eigenvalue weighted by Gasteiger charge is 2.28. The molecule has 0 saturated heterocycles. The summed E-state index contributed by atoms with van der Waals surface area (Å²) in [5, 5.41) is 11.8. The Bertz CT molecular complexity index is 304. The molecule has 2 N–H and O–H groups in total. The molecule has 0 aromatic carbocycles. The average molecular weight is 288 g/mol. The van der Waals surface area contributed by atoms with Gasteiger partial charge in [-0.3, -0.25) is 0 Å². The number of carbonyl (C=O) groups is 2. The zero-order valence-electron chi connectivity index (χ0n) is 13.2. The van der Waals surface area contributed by atoms with E-state index in [9.17, 15) is 9.59 Å². The van der Waals surface area contributed by atoms with E-state index in [1.807, 2.05) is 13.8 Å². The molecular weight excluding hydrogens is 260 g/mol. The lowest BCUT2D eigenvalue weighted by molar-refractivity contribution is -0.140. The Hall–Kier alpha value is -1.30. The smallest absolute Gasteiger partial charge is 0.326 e. The summed E-state index contributed by atoms with van der Waals surface area (Å²) < 4.78 is 5.02. The maximum atomic E-state index is 12.3. The first kappa shape index (κ1) is 18.7. The van der Waals surface area contributed by atoms with Gasteiger partial charge in [0.1, 0.15) is 6.04 Å². The number of carboxylic acid groups (broad SMARTS) is 1. The first-order valence-corrected chi connectivity index (χ1v) is 7.17. The number of nitrogens with zero attached hydrogens (tertiary/aromatic N) is 1. The zero-order chi connectivity index (χ0) is 15.7. The fourth-order valence-corrected chi connectivity index (χ4v) is 2.10. The molecular formula is C14H28N2O4. The van der Waals surface area contributed by atoms with Gasteiger partial charge in [-0.05, 0) is 18.8 Å². The Balaban J connectivity index is 4.88. The number of urea groups is 1. The van der Waals surface area contributed by atoms with Gasteiger partial charge in [-0.15, -0.1) is 0 Å². The second-order valence-corrected chi connectivity index (χ2v) is 5.17. The highest BCUT2D eigenvalue weighted by atomic mass is 16.5. The lowest BCUT2D eigenvalue weighted by Gasteiger charge is -2.32. The lowest BCUT2D eigenvalue weighted by Crippen LogP contribution is -2.53. The third-order valence-corrected chi connectivity index (χ3v) is 3.39. The van der Waals surface area contributed by atoms with Crippen LogP contribution in [0.3, 0.4) is 0 Å². The molecule has 0 bridgehead atoms. The highest BCUT2D eigenvalue weighted by molar-refractivity contribution is 5.82. The molecule has 0 saturated carbocycles. The van der Waals surface area contributed by atoms with Crippen molar-refractivity contribution in [3.63, 3.8) is 0 Å². The lowest BCUT2D eigenvalue weighted by atomic mass is 10.0. The van der Waals surface area contributed by atoms with Gasteiger partial charge in [0.2, 0.25) is 0 Å². The van der Waals surface area contributed by atoms with Crippen molar-refractivity contribution < 1.29 is 19.4 Å². The molecule has 0 aromatic heterocycles. The number of carbonyl (C=O) groups excluding carboxylic acids is 1. The molecule has 0 fully saturated rings. The number of hydrogen-bond donors (Lipinski definition) is 2. The fraction of sp³-hybridized carbons (Fsp3) is 0.857. The molecule has 0 aliphatic carbocycles. The van der Waals surface area contributed by atoms with Crippen molar-refractivity contribution in [1.29, 1.82) is 0 Å². The molecule has 20 heavy (non-hydrogen) atoms. The summed E-state index contributed by atoms with van der Waals surface area (Å²) in [6, 6.07) is -1.12. The highest BCUT2D eigenvalue weighted by Crippen LogP contribution is 2.10. The van der Waals surface area contributed by atoms with Crippen molar-refractivity contribution in [1.82, 2.24) is 10.2 Å². The minimum Gasteiger partial charge on any atom is -0.480 e. The van der Waals surface area contributed by atoms with Gasteiger partial charge in [0.25, 0.3) is 0 Å². The van der Waals surface area contributed by atoms with E-state index in [0.717, 1.165) is 12.8 Å². The number of hydrogen-bond acceptors (Lipinski definition) is 3. The number of methoxy groups -OCH3 is 1. The minimum absolute atomic E-state index is 0.0896. The summed E-state index contributed by atoms with van der Waals surface area (Å²) in [6.45, 7) is 8.46. The molecule has 0 aliphatic rings. The summed E-state index contributed by atoms with van der Waals surface area (Å²) in [4.78, 5) is 25.2. The van der Waals surface area contributed by atoms with Crippen LogP contribution >= 0.6 is 0 Å². The first-order chi connectivity index (χ1) is 9.38. The van der Waals surface area contributed by atoms with Gasteiger partial charge in [0.15, 0.2) is 0 Å². The Labute approximate surface area is 121 Å². The second kappa shape index (κ2) is 9.58. The largest absolute Gasteiger partial charge is 0.480 e. The van der Waals surface area contributed by atoms with Gasteiger partial charge in [-0.25, -0.2) is 9.59 Å². The van der Waals surface area contributed by atoms with Crippen molar-refractivity contribution in [2.24, 2.45) is 5.92 Å². The van der Waals surface area contributed by atoms with E-state index in [2.05, 4.69) is 5.32 Å². The molecule has 6 nitrogen and oxygen atoms in total. The van der Waals surface area contributed by atoms with Crippen molar-refractivity contribution in [3.05, 3.63) is 0 Å². The van der Waals surface area contributed by atoms with E-state index in [4.69, 9.17) is 9.84 Å². The molecule has 0 heterocycles. The standard InChI is InChI=1S/C14H28N2O4/c1-6-11(7-2)16(8-9-20-5)14(19)15-12(10(3)4)13(17)18/h10-12H,6-9H2,1-5H3,(H,15,19)(H,17,18)/t12-/m1/s1. The number of rotatable bonds is 9. The van der Waals surface area contributed by atoms with Crippen LogP contribution in [0.15, 0.2) is 0 Å². The van der Waals surface area contributed by atoms with Crippen LogP contribution in [0.25, 0.3) is 0 Å². The van der Waals surface area contributed by atoms with Crippen molar-refractivity contribution in [2.75, 3.05) is 20.3 Å². The van der Waals surface area contributed by atoms with Crippen LogP contribution in [0.5, 0.6) is 0 Å². The molecule has 6 heteroatoms. The van der Waals surface area contributed by atoms with Gasteiger partial charge in [-0.1, -0.05) is 27.7 Å². The fourth-order valence-electron chi connectivity index (χ4n) is 2.10. The predicted molar refractivity (Wildman–Crippen MR) is 77.7 cm³/mol. The zero-order valence-corrected chi connectivity index (χ0v) is 13.2. The maximum absolute atomic E-state index is 12.3. The SMILES string of the molecule is CCC(CC)N(CCOC)C(=O)N[C@@H](C(=O)O)C(C)C. The Morgan fingerprint density at radius 2 is 1.80 bits per heavy atom. The van der Waals surface area contributed by atoms with Gasteiger partial charge >= 0.3 is 12.0 Å². The van der Waals surface area contributed by atoms with Crippen LogP contribution in [-0.2, 0) is 9.53 Å². The molecule has 0 unspecified atom stereocenters. The van der Waals surface area contributed by atoms with E-state index in [-0.39, 0.29) is 18.0 Å². The molecule has 0 rings (SSSR count). The summed E-state index contributed by atoms with van der Waals surface area (Å²) in [7, 11) is 1.58. The molecule has 0 aromatic rings. The number of amides is 2. The number of ether oxygens (including phenoxy) is 1. The third kappa shape index (κ3) is 5.77. The van der Waals surface area contributed by atoms with E-state index >= 15 is 0 Å². The van der Waals surface area contributed by atoms with Gasteiger partial charge in [-0.2, -0.15) is 0 Å². The normalized spacial score (nSPS) is 12.6. The van der Waals surface area contributed by atoms with E-state index in [0.29, 0.717) is 13.2 Å². The van der Waals surface area contributed by atoms with Crippen LogP contribution in [0.4, 0.5) is 4.79 Å². The summed E-state index contributed by atoms with van der Waals surface area (Å²) in [5.41, 5.74) is 0. The molecule has 0 spiro atoms. The average Bonchev–Trinajstić information content (AvgIpc) is 2.39. The van der Waals surface area contributed by atoms with Crippen molar-refractivity contribution in [2.45, 2.75) is 52.6 Å². The Morgan fingerprint density at radius 3 is 2.15 bits per heavy atom. The Kier molecular flexibility index (Phi) is 8.96. The summed E-state index contributed by atoms with van der Waals surface area (Å²) in [6.07, 6.45) is 1.65. The maximum Gasteiger partial charge on any atom is 0.326 e. The first-order valence-electron chi connectivity index (χ1n) is 7.17. The molecule has 118 valence electrons. The molecule has 2 amide bonds. The minimum atomic E-state index is -1.01. The monoisotopic (exact) mass is 288 g/mol.